The van der Waals surface area contributed by atoms with Crippen molar-refractivity contribution in [2.75, 3.05) is 23.0 Å². The molecule has 6 rings (SSSR count). The third-order valence-electron chi connectivity index (χ3n) is 5.98. The molecule has 3 heterocycles. The minimum absolute atomic E-state index is 0.0144. The molecule has 0 radical (unpaired) electrons. The molecule has 2 aliphatic rings. The molecule has 1 aromatic heterocycles. The summed E-state index contributed by atoms with van der Waals surface area (Å²) in [5, 5.41) is 4.16. The molecule has 2 amide bonds. The van der Waals surface area contributed by atoms with Gasteiger partial charge in [-0.3, -0.25) is 14.5 Å². The van der Waals surface area contributed by atoms with Gasteiger partial charge in [0, 0.05) is 21.9 Å². The highest BCUT2D eigenvalue weighted by Crippen LogP contribution is 2.42. The van der Waals surface area contributed by atoms with Crippen molar-refractivity contribution in [1.82, 2.24) is 10.1 Å². The number of carbonyl (C=O) groups is 2. The molecule has 2 aliphatic heterocycles. The first-order valence-corrected chi connectivity index (χ1v) is 12.0. The lowest BCUT2D eigenvalue weighted by Gasteiger charge is -2.27. The number of rotatable bonds is 4. The minimum atomic E-state index is -0.173. The summed E-state index contributed by atoms with van der Waals surface area (Å²) in [4.78, 5) is 35.4. The first kappa shape index (κ1) is 21.4. The van der Waals surface area contributed by atoms with Gasteiger partial charge in [-0.1, -0.05) is 41.2 Å². The average molecular weight is 485 g/mol. The van der Waals surface area contributed by atoms with Crippen LogP contribution in [0, 0.1) is 0 Å². The van der Waals surface area contributed by atoms with Crippen LogP contribution in [-0.2, 0) is 11.3 Å². The Morgan fingerprint density at radius 2 is 1.77 bits per heavy atom. The van der Waals surface area contributed by atoms with E-state index in [1.165, 1.54) is 0 Å². The number of fused-ring (bicyclic) bond motifs is 3. The summed E-state index contributed by atoms with van der Waals surface area (Å²) in [5.41, 5.74) is 2.98. The van der Waals surface area contributed by atoms with Crippen molar-refractivity contribution in [2.45, 2.75) is 23.3 Å². The van der Waals surface area contributed by atoms with Gasteiger partial charge in [0.2, 0.25) is 11.7 Å². The first-order valence-electron chi connectivity index (χ1n) is 11.2. The molecule has 4 aromatic rings. The summed E-state index contributed by atoms with van der Waals surface area (Å²) >= 11 is 1.55. The zero-order valence-electron chi connectivity index (χ0n) is 18.8. The molecule has 8 nitrogen and oxygen atoms in total. The van der Waals surface area contributed by atoms with Crippen LogP contribution in [0.3, 0.4) is 0 Å². The highest BCUT2D eigenvalue weighted by atomic mass is 32.2. The lowest BCUT2D eigenvalue weighted by atomic mass is 10.1. The lowest BCUT2D eigenvalue weighted by molar-refractivity contribution is -0.121. The van der Waals surface area contributed by atoms with Crippen molar-refractivity contribution in [3.05, 3.63) is 78.2 Å². The van der Waals surface area contributed by atoms with E-state index in [1.807, 2.05) is 73.7 Å². The second-order valence-electron chi connectivity index (χ2n) is 8.08. The standard InChI is InChI=1S/C26H20N4O4S/c1-2-29-19-12-11-16(13-22(19)35-21-10-6-3-7-17(21)26(29)32)25-27-23(34-28-25)14-30-18-8-4-5-9-20(18)33-15-24(30)31/h3-13H,2,14-15H2,1H3. The molecule has 0 fully saturated rings. The molecular weight excluding hydrogens is 464 g/mol. The number of hydrogen-bond acceptors (Lipinski definition) is 7. The van der Waals surface area contributed by atoms with Crippen LogP contribution < -0.4 is 14.5 Å². The molecular formula is C26H20N4O4S. The molecule has 35 heavy (non-hydrogen) atoms. The number of nitrogens with zero attached hydrogens (tertiary/aromatic N) is 4. The maximum atomic E-state index is 13.1. The molecule has 0 saturated carbocycles. The molecule has 0 atom stereocenters. The summed E-state index contributed by atoms with van der Waals surface area (Å²) in [6.45, 7) is 2.64. The van der Waals surface area contributed by atoms with Gasteiger partial charge in [-0.25, -0.2) is 0 Å². The van der Waals surface area contributed by atoms with Crippen LogP contribution >= 0.6 is 11.8 Å². The van der Waals surface area contributed by atoms with Crippen LogP contribution in [0.5, 0.6) is 5.75 Å². The zero-order valence-corrected chi connectivity index (χ0v) is 19.6. The number of hydrogen-bond donors (Lipinski definition) is 0. The quantitative estimate of drug-likeness (QED) is 0.411. The van der Waals surface area contributed by atoms with Crippen LogP contribution in [0.2, 0.25) is 0 Å². The van der Waals surface area contributed by atoms with E-state index in [2.05, 4.69) is 10.1 Å². The highest BCUT2D eigenvalue weighted by molar-refractivity contribution is 7.99. The van der Waals surface area contributed by atoms with Crippen molar-refractivity contribution in [3.63, 3.8) is 0 Å². The van der Waals surface area contributed by atoms with E-state index in [-0.39, 0.29) is 25.0 Å². The second-order valence-corrected chi connectivity index (χ2v) is 9.16. The largest absolute Gasteiger partial charge is 0.482 e. The molecule has 0 bridgehead atoms. The zero-order chi connectivity index (χ0) is 23.9. The van der Waals surface area contributed by atoms with Gasteiger partial charge in [0.15, 0.2) is 6.61 Å². The Balaban J connectivity index is 1.32. The van der Waals surface area contributed by atoms with E-state index in [0.29, 0.717) is 35.3 Å². The topological polar surface area (TPSA) is 88.8 Å². The third-order valence-corrected chi connectivity index (χ3v) is 7.10. The Hall–Kier alpha value is -4.11. The van der Waals surface area contributed by atoms with E-state index in [4.69, 9.17) is 9.26 Å². The predicted molar refractivity (Wildman–Crippen MR) is 131 cm³/mol. The Kier molecular flexibility index (Phi) is 5.26. The smallest absolute Gasteiger partial charge is 0.265 e. The fourth-order valence-electron chi connectivity index (χ4n) is 4.28. The van der Waals surface area contributed by atoms with Crippen molar-refractivity contribution >= 4 is 35.0 Å². The van der Waals surface area contributed by atoms with Gasteiger partial charge in [-0.2, -0.15) is 4.98 Å². The number of carbonyl (C=O) groups excluding carboxylic acids is 2. The summed E-state index contributed by atoms with van der Waals surface area (Å²) in [5.74, 6) is 1.20. The number of ether oxygens (including phenoxy) is 1. The molecule has 0 spiro atoms. The molecule has 0 saturated heterocycles. The number of benzene rings is 3. The van der Waals surface area contributed by atoms with E-state index in [0.717, 1.165) is 21.0 Å². The van der Waals surface area contributed by atoms with Crippen LogP contribution in [-0.4, -0.2) is 35.1 Å². The van der Waals surface area contributed by atoms with Gasteiger partial charge in [0.05, 0.1) is 16.9 Å². The van der Waals surface area contributed by atoms with Gasteiger partial charge < -0.3 is 14.2 Å². The van der Waals surface area contributed by atoms with Crippen LogP contribution in [0.1, 0.15) is 23.2 Å². The molecule has 0 unspecified atom stereocenters. The summed E-state index contributed by atoms with van der Waals surface area (Å²) in [6.07, 6.45) is 0. The number of para-hydroxylation sites is 2. The number of anilines is 2. The third kappa shape index (κ3) is 3.74. The summed E-state index contributed by atoms with van der Waals surface area (Å²) in [7, 11) is 0. The molecule has 3 aromatic carbocycles. The summed E-state index contributed by atoms with van der Waals surface area (Å²) < 4.78 is 11.0. The van der Waals surface area contributed by atoms with E-state index in [1.54, 1.807) is 21.6 Å². The highest BCUT2D eigenvalue weighted by Gasteiger charge is 2.29. The van der Waals surface area contributed by atoms with Crippen molar-refractivity contribution in [3.8, 4) is 17.1 Å². The molecule has 9 heteroatoms. The summed E-state index contributed by atoms with van der Waals surface area (Å²) in [6, 6.07) is 20.8. The second kappa shape index (κ2) is 8.59. The van der Waals surface area contributed by atoms with Gasteiger partial charge >= 0.3 is 0 Å². The van der Waals surface area contributed by atoms with Crippen LogP contribution in [0.4, 0.5) is 11.4 Å². The van der Waals surface area contributed by atoms with Gasteiger partial charge in [-0.05, 0) is 49.4 Å². The molecule has 0 N–H and O–H groups in total. The van der Waals surface area contributed by atoms with E-state index >= 15 is 0 Å². The van der Waals surface area contributed by atoms with E-state index < -0.39 is 0 Å². The van der Waals surface area contributed by atoms with Gasteiger partial charge in [0.25, 0.3) is 11.8 Å². The maximum absolute atomic E-state index is 13.1. The van der Waals surface area contributed by atoms with Crippen molar-refractivity contribution in [1.29, 1.82) is 0 Å². The predicted octanol–water partition coefficient (Wildman–Crippen LogP) is 4.79. The lowest BCUT2D eigenvalue weighted by Crippen LogP contribution is -2.38. The maximum Gasteiger partial charge on any atom is 0.265 e. The Morgan fingerprint density at radius 3 is 2.66 bits per heavy atom. The fourth-order valence-corrected chi connectivity index (χ4v) is 5.39. The Labute approximate surface area is 205 Å². The van der Waals surface area contributed by atoms with Crippen molar-refractivity contribution < 1.29 is 18.8 Å². The number of amides is 2. The van der Waals surface area contributed by atoms with Crippen molar-refractivity contribution in [2.24, 2.45) is 0 Å². The van der Waals surface area contributed by atoms with E-state index in [9.17, 15) is 9.59 Å². The normalized spacial score (nSPS) is 14.7. The fraction of sp³-hybridized carbons (Fsp3) is 0.154. The van der Waals surface area contributed by atoms with Gasteiger partial charge in [-0.15, -0.1) is 0 Å². The minimum Gasteiger partial charge on any atom is -0.482 e. The average Bonchev–Trinajstić information content (AvgIpc) is 3.31. The Morgan fingerprint density at radius 1 is 0.943 bits per heavy atom. The van der Waals surface area contributed by atoms with Crippen LogP contribution in [0.25, 0.3) is 11.4 Å². The monoisotopic (exact) mass is 484 g/mol. The van der Waals surface area contributed by atoms with Crippen LogP contribution in [0.15, 0.2) is 81.0 Å². The van der Waals surface area contributed by atoms with Gasteiger partial charge in [0.1, 0.15) is 12.3 Å². The SMILES string of the molecule is CCN1C(=O)c2ccccc2Sc2cc(-c3noc(CN4C(=O)COc5ccccc54)n3)ccc21. The first-order chi connectivity index (χ1) is 17.1. The number of aromatic nitrogens is 2. The molecule has 0 aliphatic carbocycles. The molecule has 174 valence electrons. The Bertz CT molecular complexity index is 1470.